The minimum atomic E-state index is -0.328. The van der Waals surface area contributed by atoms with Crippen LogP contribution in [0.15, 0.2) is 24.4 Å². The van der Waals surface area contributed by atoms with Crippen molar-refractivity contribution in [2.24, 2.45) is 7.05 Å². The first kappa shape index (κ1) is 13.4. The molecule has 1 heterocycles. The van der Waals surface area contributed by atoms with Crippen LogP contribution in [0.2, 0.25) is 5.02 Å². The molecule has 1 amide bonds. The zero-order valence-electron chi connectivity index (χ0n) is 10.8. The molecule has 5 nitrogen and oxygen atoms in total. The number of aryl methyl sites for hydroxylation is 2. The first-order valence-electron chi connectivity index (χ1n) is 5.90. The van der Waals surface area contributed by atoms with E-state index in [1.54, 1.807) is 36.1 Å². The predicted molar refractivity (Wildman–Crippen MR) is 76.4 cm³/mol. The van der Waals surface area contributed by atoms with Crippen LogP contribution in [0.25, 0.3) is 0 Å². The van der Waals surface area contributed by atoms with Gasteiger partial charge in [-0.3, -0.25) is 9.48 Å². The highest BCUT2D eigenvalue weighted by Crippen LogP contribution is 2.24. The third kappa shape index (κ3) is 2.71. The molecule has 0 aliphatic rings. The maximum atomic E-state index is 12.2. The molecule has 0 fully saturated rings. The quantitative estimate of drug-likeness (QED) is 0.847. The number of rotatable bonds is 3. The van der Waals surface area contributed by atoms with E-state index in [-0.39, 0.29) is 11.5 Å². The van der Waals surface area contributed by atoms with Crippen molar-refractivity contribution in [3.63, 3.8) is 0 Å². The molecule has 19 heavy (non-hydrogen) atoms. The van der Waals surface area contributed by atoms with Gasteiger partial charge in [-0.25, -0.2) is 0 Å². The maximum absolute atomic E-state index is 12.2. The molecular formula is C13H15ClN4O. The summed E-state index contributed by atoms with van der Waals surface area (Å²) in [6.45, 7) is 1.97. The van der Waals surface area contributed by atoms with Crippen LogP contribution in [0.5, 0.6) is 0 Å². The van der Waals surface area contributed by atoms with Gasteiger partial charge in [0.25, 0.3) is 5.91 Å². The van der Waals surface area contributed by atoms with Gasteiger partial charge in [0.2, 0.25) is 0 Å². The van der Waals surface area contributed by atoms with E-state index in [9.17, 15) is 4.79 Å². The van der Waals surface area contributed by atoms with Crippen LogP contribution < -0.4 is 11.1 Å². The van der Waals surface area contributed by atoms with Crippen molar-refractivity contribution in [1.29, 1.82) is 0 Å². The Morgan fingerprint density at radius 2 is 2.26 bits per heavy atom. The van der Waals surface area contributed by atoms with Crippen LogP contribution in [0.4, 0.5) is 11.4 Å². The fourth-order valence-corrected chi connectivity index (χ4v) is 2.13. The lowest BCUT2D eigenvalue weighted by Crippen LogP contribution is -2.15. The Bertz CT molecular complexity index is 601. The number of nitrogen functional groups attached to an aromatic ring is 1. The number of amides is 1. The Morgan fingerprint density at radius 1 is 1.53 bits per heavy atom. The van der Waals surface area contributed by atoms with Crippen molar-refractivity contribution in [2.45, 2.75) is 13.3 Å². The van der Waals surface area contributed by atoms with E-state index in [0.717, 1.165) is 12.1 Å². The van der Waals surface area contributed by atoms with E-state index < -0.39 is 0 Å². The number of anilines is 2. The van der Waals surface area contributed by atoms with E-state index in [1.807, 2.05) is 6.92 Å². The average molecular weight is 279 g/mol. The molecule has 0 aliphatic carbocycles. The van der Waals surface area contributed by atoms with Crippen molar-refractivity contribution in [1.82, 2.24) is 9.78 Å². The molecule has 0 radical (unpaired) electrons. The largest absolute Gasteiger partial charge is 0.398 e. The lowest BCUT2D eigenvalue weighted by Gasteiger charge is -2.08. The van der Waals surface area contributed by atoms with Gasteiger partial charge < -0.3 is 11.1 Å². The number of nitrogens with two attached hydrogens (primary N) is 1. The van der Waals surface area contributed by atoms with Crippen molar-refractivity contribution < 1.29 is 4.79 Å². The predicted octanol–water partition coefficient (Wildman–Crippen LogP) is 2.47. The highest BCUT2D eigenvalue weighted by molar-refractivity contribution is 6.35. The molecule has 0 atom stereocenters. The van der Waals surface area contributed by atoms with Gasteiger partial charge in [0.05, 0.1) is 22.0 Å². The van der Waals surface area contributed by atoms with Gasteiger partial charge in [0, 0.05) is 18.9 Å². The Labute approximate surface area is 116 Å². The topological polar surface area (TPSA) is 72.9 Å². The van der Waals surface area contributed by atoms with E-state index in [4.69, 9.17) is 17.3 Å². The molecular weight excluding hydrogens is 264 g/mol. The van der Waals surface area contributed by atoms with Crippen molar-refractivity contribution in [3.05, 3.63) is 40.7 Å². The summed E-state index contributed by atoms with van der Waals surface area (Å²) in [6, 6.07) is 4.98. The second-order valence-electron chi connectivity index (χ2n) is 4.17. The number of nitrogens with zero attached hydrogens (tertiary/aromatic N) is 2. The third-order valence-electron chi connectivity index (χ3n) is 2.76. The molecule has 0 saturated heterocycles. The molecule has 6 heteroatoms. The smallest absolute Gasteiger partial charge is 0.259 e. The zero-order valence-corrected chi connectivity index (χ0v) is 11.5. The zero-order chi connectivity index (χ0) is 14.0. The van der Waals surface area contributed by atoms with Crippen LogP contribution in [-0.2, 0) is 13.5 Å². The van der Waals surface area contributed by atoms with Crippen LogP contribution in [-0.4, -0.2) is 15.7 Å². The van der Waals surface area contributed by atoms with E-state index >= 15 is 0 Å². The van der Waals surface area contributed by atoms with Gasteiger partial charge in [0.15, 0.2) is 0 Å². The molecule has 0 spiro atoms. The van der Waals surface area contributed by atoms with Crippen molar-refractivity contribution in [2.75, 3.05) is 11.1 Å². The molecule has 2 rings (SSSR count). The summed E-state index contributed by atoms with van der Waals surface area (Å²) in [6.07, 6.45) is 2.48. The standard InChI is InChI=1S/C13H15ClN4O/c1-3-10-11(7-18(2)17-10)16-13(19)12-8(14)5-4-6-9(12)15/h4-7H,3,15H2,1-2H3,(H,16,19). The number of carbonyl (C=O) groups excluding carboxylic acids is 1. The highest BCUT2D eigenvalue weighted by Gasteiger charge is 2.16. The summed E-state index contributed by atoms with van der Waals surface area (Å²) < 4.78 is 1.66. The summed E-state index contributed by atoms with van der Waals surface area (Å²) in [5.41, 5.74) is 7.92. The number of hydrogen-bond donors (Lipinski definition) is 2. The summed E-state index contributed by atoms with van der Waals surface area (Å²) in [7, 11) is 1.80. The van der Waals surface area contributed by atoms with Gasteiger partial charge in [-0.15, -0.1) is 0 Å². The second kappa shape index (κ2) is 5.32. The molecule has 0 saturated carbocycles. The Kier molecular flexibility index (Phi) is 3.76. The summed E-state index contributed by atoms with van der Waals surface area (Å²) >= 11 is 6.01. The highest BCUT2D eigenvalue weighted by atomic mass is 35.5. The third-order valence-corrected chi connectivity index (χ3v) is 3.08. The van der Waals surface area contributed by atoms with Crippen molar-refractivity contribution >= 4 is 28.9 Å². The molecule has 0 aliphatic heterocycles. The van der Waals surface area contributed by atoms with Gasteiger partial charge in [-0.1, -0.05) is 24.6 Å². The first-order valence-corrected chi connectivity index (χ1v) is 6.28. The molecule has 1 aromatic carbocycles. The van der Waals surface area contributed by atoms with Gasteiger partial charge >= 0.3 is 0 Å². The second-order valence-corrected chi connectivity index (χ2v) is 4.58. The Balaban J connectivity index is 2.31. The molecule has 3 N–H and O–H groups in total. The van der Waals surface area contributed by atoms with E-state index in [1.165, 1.54) is 0 Å². The van der Waals surface area contributed by atoms with E-state index in [0.29, 0.717) is 16.4 Å². The average Bonchev–Trinajstić information content (AvgIpc) is 2.69. The number of halogens is 1. The lowest BCUT2D eigenvalue weighted by atomic mass is 10.1. The minimum absolute atomic E-state index is 0.287. The Morgan fingerprint density at radius 3 is 2.89 bits per heavy atom. The molecule has 100 valence electrons. The number of hydrogen-bond acceptors (Lipinski definition) is 3. The van der Waals surface area contributed by atoms with Crippen LogP contribution in [0.3, 0.4) is 0 Å². The SMILES string of the molecule is CCc1nn(C)cc1NC(=O)c1c(N)cccc1Cl. The minimum Gasteiger partial charge on any atom is -0.398 e. The molecule has 0 bridgehead atoms. The fraction of sp³-hybridized carbons (Fsp3) is 0.231. The summed E-state index contributed by atoms with van der Waals surface area (Å²) in [5.74, 6) is -0.328. The van der Waals surface area contributed by atoms with E-state index in [2.05, 4.69) is 10.4 Å². The molecule has 2 aromatic rings. The van der Waals surface area contributed by atoms with Gasteiger partial charge in [-0.2, -0.15) is 5.10 Å². The van der Waals surface area contributed by atoms with Crippen LogP contribution in [0, 0.1) is 0 Å². The van der Waals surface area contributed by atoms with Crippen LogP contribution in [0.1, 0.15) is 23.0 Å². The first-order chi connectivity index (χ1) is 9.02. The summed E-state index contributed by atoms with van der Waals surface area (Å²) in [4.78, 5) is 12.2. The Hall–Kier alpha value is -2.01. The summed E-state index contributed by atoms with van der Waals surface area (Å²) in [5, 5.41) is 7.38. The van der Waals surface area contributed by atoms with Crippen LogP contribution >= 0.6 is 11.6 Å². The monoisotopic (exact) mass is 278 g/mol. The maximum Gasteiger partial charge on any atom is 0.259 e. The fourth-order valence-electron chi connectivity index (χ4n) is 1.87. The number of carbonyl (C=O) groups is 1. The number of aromatic nitrogens is 2. The lowest BCUT2D eigenvalue weighted by molar-refractivity contribution is 0.102. The van der Waals surface area contributed by atoms with Gasteiger partial charge in [0.1, 0.15) is 0 Å². The molecule has 1 aromatic heterocycles. The number of benzene rings is 1. The molecule has 0 unspecified atom stereocenters. The normalized spacial score (nSPS) is 10.5. The number of nitrogens with one attached hydrogen (secondary N) is 1. The van der Waals surface area contributed by atoms with Gasteiger partial charge in [-0.05, 0) is 18.6 Å². The van der Waals surface area contributed by atoms with Crippen molar-refractivity contribution in [3.8, 4) is 0 Å².